The highest BCUT2D eigenvalue weighted by Crippen LogP contribution is 2.30. The van der Waals surface area contributed by atoms with Crippen molar-refractivity contribution in [3.05, 3.63) is 59.7 Å². The van der Waals surface area contributed by atoms with Crippen molar-refractivity contribution in [3.8, 4) is 11.1 Å². The van der Waals surface area contributed by atoms with Crippen molar-refractivity contribution < 1.29 is 29.0 Å². The Labute approximate surface area is 167 Å². The van der Waals surface area contributed by atoms with Crippen molar-refractivity contribution in [1.82, 2.24) is 10.6 Å². The highest BCUT2D eigenvalue weighted by atomic mass is 16.6. The maximum Gasteiger partial charge on any atom is 0.338 e. The summed E-state index contributed by atoms with van der Waals surface area (Å²) in [5, 5.41) is 15.2. The lowest BCUT2D eigenvalue weighted by Crippen LogP contribution is -2.49. The first kappa shape index (κ1) is 20.5. The number of amides is 3. The smallest absolute Gasteiger partial charge is 0.338 e. The molecule has 0 spiro atoms. The van der Waals surface area contributed by atoms with E-state index in [0.717, 1.165) is 11.1 Å². The summed E-state index contributed by atoms with van der Waals surface area (Å²) in [5.41, 5.74) is 1.24. The molecule has 8 heteroatoms. The summed E-state index contributed by atoms with van der Waals surface area (Å²) in [5.74, 6) is -0.996. The summed E-state index contributed by atoms with van der Waals surface area (Å²) < 4.78 is 9.92. The van der Waals surface area contributed by atoms with Crippen LogP contribution in [0.3, 0.4) is 0 Å². The van der Waals surface area contributed by atoms with Gasteiger partial charge in [-0.25, -0.2) is 9.59 Å². The fourth-order valence-corrected chi connectivity index (χ4v) is 3.04. The zero-order valence-corrected chi connectivity index (χ0v) is 16.1. The lowest BCUT2D eigenvalue weighted by atomic mass is 9.89. The molecule has 2 aromatic carbocycles. The molecule has 0 aliphatic carbocycles. The van der Waals surface area contributed by atoms with E-state index >= 15 is 0 Å². The molecule has 2 unspecified atom stereocenters. The van der Waals surface area contributed by atoms with Gasteiger partial charge in [0.05, 0.1) is 12.2 Å². The SMILES string of the molecule is COCCOC(=O)c1ccc(-c2ccc(C(O)C3(C)NC(=O)NC3=O)cc2)cc1. The topological polar surface area (TPSA) is 114 Å². The minimum absolute atomic E-state index is 0.193. The molecule has 152 valence electrons. The number of aliphatic hydroxyl groups is 1. The molecule has 1 aliphatic heterocycles. The first-order chi connectivity index (χ1) is 13.8. The van der Waals surface area contributed by atoms with Crippen LogP contribution in [0.15, 0.2) is 48.5 Å². The number of carbonyl (C=O) groups excluding carboxylic acids is 3. The maximum absolute atomic E-state index is 12.0. The monoisotopic (exact) mass is 398 g/mol. The molecule has 3 N–H and O–H groups in total. The number of hydrogen-bond donors (Lipinski definition) is 3. The molecule has 1 fully saturated rings. The molecule has 1 heterocycles. The second kappa shape index (κ2) is 8.42. The van der Waals surface area contributed by atoms with Crippen molar-refractivity contribution in [2.45, 2.75) is 18.6 Å². The van der Waals surface area contributed by atoms with Crippen molar-refractivity contribution in [3.63, 3.8) is 0 Å². The Balaban J connectivity index is 1.71. The minimum Gasteiger partial charge on any atom is -0.460 e. The van der Waals surface area contributed by atoms with Crippen LogP contribution in [0.1, 0.15) is 28.9 Å². The number of aliphatic hydroxyl groups excluding tert-OH is 1. The van der Waals surface area contributed by atoms with E-state index in [-0.39, 0.29) is 6.61 Å². The van der Waals surface area contributed by atoms with Gasteiger partial charge in [-0.1, -0.05) is 36.4 Å². The van der Waals surface area contributed by atoms with E-state index in [1.807, 2.05) is 0 Å². The number of methoxy groups -OCH3 is 1. The zero-order chi connectivity index (χ0) is 21.0. The van der Waals surface area contributed by atoms with E-state index in [0.29, 0.717) is 17.7 Å². The number of hydrogen-bond acceptors (Lipinski definition) is 6. The molecule has 1 saturated heterocycles. The summed E-state index contributed by atoms with van der Waals surface area (Å²) in [6.07, 6.45) is -1.20. The Morgan fingerprint density at radius 1 is 1.03 bits per heavy atom. The second-order valence-electron chi connectivity index (χ2n) is 6.84. The Kier molecular flexibility index (Phi) is 5.95. The number of ether oxygens (including phenoxy) is 2. The molecule has 0 aromatic heterocycles. The van der Waals surface area contributed by atoms with Gasteiger partial charge in [0.2, 0.25) is 0 Å². The average molecular weight is 398 g/mol. The van der Waals surface area contributed by atoms with E-state index in [1.165, 1.54) is 14.0 Å². The predicted octanol–water partition coefficient (Wildman–Crippen LogP) is 1.79. The Morgan fingerprint density at radius 2 is 1.62 bits per heavy atom. The van der Waals surface area contributed by atoms with E-state index < -0.39 is 29.6 Å². The van der Waals surface area contributed by atoms with Crippen LogP contribution in [0.4, 0.5) is 4.79 Å². The third-order valence-corrected chi connectivity index (χ3v) is 4.82. The fourth-order valence-electron chi connectivity index (χ4n) is 3.04. The third-order valence-electron chi connectivity index (χ3n) is 4.82. The van der Waals surface area contributed by atoms with Crippen molar-refractivity contribution in [2.75, 3.05) is 20.3 Å². The molecule has 2 aromatic rings. The van der Waals surface area contributed by atoms with Crippen molar-refractivity contribution in [2.24, 2.45) is 0 Å². The second-order valence-corrected chi connectivity index (χ2v) is 6.84. The normalized spacial score (nSPS) is 19.4. The number of benzene rings is 2. The number of carbonyl (C=O) groups is 3. The summed E-state index contributed by atoms with van der Waals surface area (Å²) >= 11 is 0. The summed E-state index contributed by atoms with van der Waals surface area (Å²) in [6.45, 7) is 2.00. The number of esters is 1. The molecular weight excluding hydrogens is 376 g/mol. The Bertz CT molecular complexity index is 910. The van der Waals surface area contributed by atoms with Crippen LogP contribution in [0, 0.1) is 0 Å². The number of imide groups is 1. The number of urea groups is 1. The van der Waals surface area contributed by atoms with Crippen LogP contribution in [-0.2, 0) is 14.3 Å². The van der Waals surface area contributed by atoms with Crippen LogP contribution < -0.4 is 10.6 Å². The third kappa shape index (κ3) is 4.28. The Hall–Kier alpha value is -3.23. The molecule has 0 radical (unpaired) electrons. The van der Waals surface area contributed by atoms with Crippen LogP contribution in [0.25, 0.3) is 11.1 Å². The summed E-state index contributed by atoms with van der Waals surface area (Å²) in [7, 11) is 1.53. The molecule has 2 atom stereocenters. The lowest BCUT2D eigenvalue weighted by Gasteiger charge is -2.27. The fraction of sp³-hybridized carbons (Fsp3) is 0.286. The van der Waals surface area contributed by atoms with Gasteiger partial charge < -0.3 is 19.9 Å². The van der Waals surface area contributed by atoms with Crippen molar-refractivity contribution >= 4 is 17.9 Å². The molecule has 3 amide bonds. The molecular formula is C21H22N2O6. The van der Waals surface area contributed by atoms with Gasteiger partial charge in [-0.3, -0.25) is 10.1 Å². The maximum atomic E-state index is 12.0. The molecule has 0 bridgehead atoms. The number of nitrogens with one attached hydrogen (secondary N) is 2. The molecule has 3 rings (SSSR count). The van der Waals surface area contributed by atoms with Gasteiger partial charge in [0.15, 0.2) is 0 Å². The van der Waals surface area contributed by atoms with E-state index in [2.05, 4.69) is 10.6 Å². The van der Waals surface area contributed by atoms with Gasteiger partial charge >= 0.3 is 12.0 Å². The van der Waals surface area contributed by atoms with E-state index in [4.69, 9.17) is 9.47 Å². The van der Waals surface area contributed by atoms with Crippen LogP contribution in [0.2, 0.25) is 0 Å². The quantitative estimate of drug-likeness (QED) is 0.372. The first-order valence-corrected chi connectivity index (χ1v) is 9.03. The largest absolute Gasteiger partial charge is 0.460 e. The standard InChI is InChI=1S/C21H22N2O6/c1-21(19(26)22-20(27)23-21)17(24)15-7-3-13(4-8-15)14-5-9-16(10-6-14)18(25)29-12-11-28-2/h3-10,17,24H,11-12H2,1-2H3,(H2,22,23,26,27). The number of rotatable bonds is 7. The molecule has 8 nitrogen and oxygen atoms in total. The van der Waals surface area contributed by atoms with Gasteiger partial charge in [-0.2, -0.15) is 0 Å². The van der Waals surface area contributed by atoms with Crippen LogP contribution >= 0.6 is 0 Å². The molecule has 29 heavy (non-hydrogen) atoms. The summed E-state index contributed by atoms with van der Waals surface area (Å²) in [6, 6.07) is 13.3. The van der Waals surface area contributed by atoms with Crippen molar-refractivity contribution in [1.29, 1.82) is 0 Å². The lowest BCUT2D eigenvalue weighted by molar-refractivity contribution is -0.127. The van der Waals surface area contributed by atoms with Crippen LogP contribution in [0.5, 0.6) is 0 Å². The van der Waals surface area contributed by atoms with Gasteiger partial charge in [-0.05, 0) is 35.7 Å². The zero-order valence-electron chi connectivity index (χ0n) is 16.1. The van der Waals surface area contributed by atoms with Gasteiger partial charge in [-0.15, -0.1) is 0 Å². The minimum atomic E-state index is -1.43. The molecule has 0 saturated carbocycles. The summed E-state index contributed by atoms with van der Waals surface area (Å²) in [4.78, 5) is 35.3. The van der Waals surface area contributed by atoms with Gasteiger partial charge in [0.25, 0.3) is 5.91 Å². The average Bonchev–Trinajstić information content (AvgIpc) is 3.00. The van der Waals surface area contributed by atoms with E-state index in [1.54, 1.807) is 48.5 Å². The van der Waals surface area contributed by atoms with E-state index in [9.17, 15) is 19.5 Å². The van der Waals surface area contributed by atoms with Gasteiger partial charge in [0.1, 0.15) is 18.2 Å². The highest BCUT2D eigenvalue weighted by molar-refractivity contribution is 6.07. The van der Waals surface area contributed by atoms with Crippen LogP contribution in [-0.4, -0.2) is 48.9 Å². The highest BCUT2D eigenvalue weighted by Gasteiger charge is 2.48. The predicted molar refractivity (Wildman–Crippen MR) is 104 cm³/mol. The molecule has 1 aliphatic rings. The van der Waals surface area contributed by atoms with Gasteiger partial charge in [0, 0.05) is 7.11 Å². The Morgan fingerprint density at radius 3 is 2.14 bits per heavy atom. The first-order valence-electron chi connectivity index (χ1n) is 9.03.